The molecule has 0 aliphatic rings. The fourth-order valence-corrected chi connectivity index (χ4v) is 2.29. The van der Waals surface area contributed by atoms with Crippen molar-refractivity contribution in [2.75, 3.05) is 13.0 Å². The Labute approximate surface area is 117 Å². The summed E-state index contributed by atoms with van der Waals surface area (Å²) in [6, 6.07) is 6.12. The van der Waals surface area contributed by atoms with Crippen molar-refractivity contribution in [2.45, 2.75) is 26.3 Å². The van der Waals surface area contributed by atoms with E-state index in [-0.39, 0.29) is 5.97 Å². The molecule has 0 spiro atoms. The number of ether oxygens (including phenoxy) is 1. The third-order valence-corrected chi connectivity index (χ3v) is 3.26. The number of hydrogen-bond donors (Lipinski definition) is 0. The van der Waals surface area contributed by atoms with E-state index in [1.54, 1.807) is 0 Å². The van der Waals surface area contributed by atoms with Crippen LogP contribution in [0.4, 0.5) is 0 Å². The van der Waals surface area contributed by atoms with Gasteiger partial charge < -0.3 is 9.30 Å². The number of halogens is 1. The van der Waals surface area contributed by atoms with Gasteiger partial charge in [0.25, 0.3) is 0 Å². The average Bonchev–Trinajstić information content (AvgIpc) is 2.73. The summed E-state index contributed by atoms with van der Waals surface area (Å²) in [5, 5.41) is 0. The molecule has 0 bridgehead atoms. The number of carbonyl (C=O) groups is 1. The molecule has 1 aromatic carbocycles. The molecule has 2 rings (SSSR count). The predicted octanol–water partition coefficient (Wildman–Crippen LogP) is 2.69. The van der Waals surface area contributed by atoms with Gasteiger partial charge in [-0.1, -0.05) is 6.07 Å². The molecule has 102 valence electrons. The van der Waals surface area contributed by atoms with E-state index in [4.69, 9.17) is 11.6 Å². The molecule has 4 nitrogen and oxygen atoms in total. The quantitative estimate of drug-likeness (QED) is 0.625. The fraction of sp³-hybridized carbons (Fsp3) is 0.429. The summed E-state index contributed by atoms with van der Waals surface area (Å²) >= 11 is 5.81. The SMILES string of the molecule is COC(=O)CCn1c(CCCl)nc2cc(C)ccc21. The number of aryl methyl sites for hydroxylation is 3. The number of nitrogens with zero attached hydrogens (tertiary/aromatic N) is 2. The second-order valence-corrected chi connectivity index (χ2v) is 4.81. The first-order valence-electron chi connectivity index (χ1n) is 6.24. The number of benzene rings is 1. The van der Waals surface area contributed by atoms with E-state index in [1.807, 2.05) is 29.7 Å². The second-order valence-electron chi connectivity index (χ2n) is 4.44. The Morgan fingerprint density at radius 3 is 2.95 bits per heavy atom. The normalized spacial score (nSPS) is 10.9. The van der Waals surface area contributed by atoms with Crippen molar-refractivity contribution >= 4 is 28.6 Å². The molecule has 2 aromatic rings. The van der Waals surface area contributed by atoms with E-state index in [1.165, 1.54) is 12.7 Å². The van der Waals surface area contributed by atoms with Gasteiger partial charge in [0.05, 0.1) is 24.6 Å². The summed E-state index contributed by atoms with van der Waals surface area (Å²) in [4.78, 5) is 15.9. The molecule has 1 heterocycles. The van der Waals surface area contributed by atoms with E-state index < -0.39 is 0 Å². The number of imidazole rings is 1. The minimum absolute atomic E-state index is 0.217. The molecule has 0 N–H and O–H groups in total. The molecule has 1 aromatic heterocycles. The van der Waals surface area contributed by atoms with Crippen LogP contribution in [-0.4, -0.2) is 28.5 Å². The van der Waals surface area contributed by atoms with Crippen LogP contribution in [0, 0.1) is 6.92 Å². The molecule has 0 fully saturated rings. The number of rotatable bonds is 5. The van der Waals surface area contributed by atoms with Crippen LogP contribution >= 0.6 is 11.6 Å². The molecule has 19 heavy (non-hydrogen) atoms. The summed E-state index contributed by atoms with van der Waals surface area (Å²) in [7, 11) is 1.40. The molecule has 0 amide bonds. The van der Waals surface area contributed by atoms with Crippen LogP contribution in [0.25, 0.3) is 11.0 Å². The Bertz CT molecular complexity index is 592. The minimum Gasteiger partial charge on any atom is -0.469 e. The van der Waals surface area contributed by atoms with Crippen molar-refractivity contribution < 1.29 is 9.53 Å². The number of fused-ring (bicyclic) bond motifs is 1. The summed E-state index contributed by atoms with van der Waals surface area (Å²) < 4.78 is 6.73. The number of carbonyl (C=O) groups excluding carboxylic acids is 1. The lowest BCUT2D eigenvalue weighted by atomic mass is 10.2. The highest BCUT2D eigenvalue weighted by Crippen LogP contribution is 2.19. The summed E-state index contributed by atoms with van der Waals surface area (Å²) in [5.41, 5.74) is 3.15. The van der Waals surface area contributed by atoms with Crippen LogP contribution in [0.3, 0.4) is 0 Å². The summed E-state index contributed by atoms with van der Waals surface area (Å²) in [6.45, 7) is 2.60. The van der Waals surface area contributed by atoms with Gasteiger partial charge in [0.15, 0.2) is 0 Å². The van der Waals surface area contributed by atoms with Crippen molar-refractivity contribution in [3.8, 4) is 0 Å². The van der Waals surface area contributed by atoms with Gasteiger partial charge in [-0.3, -0.25) is 4.79 Å². The van der Waals surface area contributed by atoms with Crippen molar-refractivity contribution in [1.82, 2.24) is 9.55 Å². The highest BCUT2D eigenvalue weighted by Gasteiger charge is 2.12. The minimum atomic E-state index is -0.217. The zero-order valence-corrected chi connectivity index (χ0v) is 11.9. The first-order chi connectivity index (χ1) is 9.15. The first kappa shape index (κ1) is 13.9. The third kappa shape index (κ3) is 3.07. The molecule has 5 heteroatoms. The van der Waals surface area contributed by atoms with Crippen molar-refractivity contribution in [3.05, 3.63) is 29.6 Å². The maximum Gasteiger partial charge on any atom is 0.307 e. The maximum absolute atomic E-state index is 11.3. The lowest BCUT2D eigenvalue weighted by Gasteiger charge is -2.07. The summed E-state index contributed by atoms with van der Waals surface area (Å²) in [6.07, 6.45) is 1.03. The first-order valence-corrected chi connectivity index (χ1v) is 6.77. The molecule has 0 aliphatic heterocycles. The van der Waals surface area contributed by atoms with E-state index >= 15 is 0 Å². The van der Waals surface area contributed by atoms with Gasteiger partial charge in [0.2, 0.25) is 0 Å². The summed E-state index contributed by atoms with van der Waals surface area (Å²) in [5.74, 6) is 1.21. The van der Waals surface area contributed by atoms with Crippen LogP contribution in [0.15, 0.2) is 18.2 Å². The number of methoxy groups -OCH3 is 1. The van der Waals surface area contributed by atoms with Gasteiger partial charge in [-0.15, -0.1) is 11.6 Å². The standard InChI is InChI=1S/C14H17ClN2O2/c1-10-3-4-12-11(9-10)16-13(5-7-15)17(12)8-6-14(18)19-2/h3-4,9H,5-8H2,1-2H3. The Kier molecular flexibility index (Phi) is 4.43. The topological polar surface area (TPSA) is 44.1 Å². The highest BCUT2D eigenvalue weighted by atomic mass is 35.5. The number of aromatic nitrogens is 2. The molecule has 0 saturated carbocycles. The number of alkyl halides is 1. The molecular weight excluding hydrogens is 264 g/mol. The lowest BCUT2D eigenvalue weighted by Crippen LogP contribution is -2.10. The van der Waals surface area contributed by atoms with Gasteiger partial charge in [0, 0.05) is 18.8 Å². The molecular formula is C14H17ClN2O2. The monoisotopic (exact) mass is 280 g/mol. The van der Waals surface area contributed by atoms with E-state index in [0.717, 1.165) is 16.9 Å². The van der Waals surface area contributed by atoms with Gasteiger partial charge >= 0.3 is 5.97 Å². The van der Waals surface area contributed by atoms with E-state index in [0.29, 0.717) is 25.3 Å². The lowest BCUT2D eigenvalue weighted by molar-refractivity contribution is -0.140. The second kappa shape index (κ2) is 6.06. The fourth-order valence-electron chi connectivity index (χ4n) is 2.12. The van der Waals surface area contributed by atoms with Crippen LogP contribution in [0.5, 0.6) is 0 Å². The van der Waals surface area contributed by atoms with Gasteiger partial charge in [-0.2, -0.15) is 0 Å². The maximum atomic E-state index is 11.3. The van der Waals surface area contributed by atoms with Crippen LogP contribution in [0.2, 0.25) is 0 Å². The molecule has 0 unspecified atom stereocenters. The zero-order valence-electron chi connectivity index (χ0n) is 11.1. The molecule has 0 saturated heterocycles. The van der Waals surface area contributed by atoms with Gasteiger partial charge in [-0.25, -0.2) is 4.98 Å². The van der Waals surface area contributed by atoms with E-state index in [9.17, 15) is 4.79 Å². The Balaban J connectivity index is 2.37. The number of esters is 1. The predicted molar refractivity (Wildman–Crippen MR) is 75.5 cm³/mol. The van der Waals surface area contributed by atoms with Crippen LogP contribution in [-0.2, 0) is 22.5 Å². The number of hydrogen-bond acceptors (Lipinski definition) is 3. The third-order valence-electron chi connectivity index (χ3n) is 3.07. The zero-order chi connectivity index (χ0) is 13.8. The average molecular weight is 281 g/mol. The van der Waals surface area contributed by atoms with Crippen molar-refractivity contribution in [1.29, 1.82) is 0 Å². The van der Waals surface area contributed by atoms with Crippen LogP contribution in [0.1, 0.15) is 17.8 Å². The highest BCUT2D eigenvalue weighted by molar-refractivity contribution is 6.17. The smallest absolute Gasteiger partial charge is 0.307 e. The largest absolute Gasteiger partial charge is 0.469 e. The van der Waals surface area contributed by atoms with Gasteiger partial charge in [-0.05, 0) is 24.6 Å². The molecule has 0 aliphatic carbocycles. The Morgan fingerprint density at radius 1 is 1.47 bits per heavy atom. The van der Waals surface area contributed by atoms with Crippen LogP contribution < -0.4 is 0 Å². The molecule has 0 radical (unpaired) electrons. The Hall–Kier alpha value is -1.55. The van der Waals surface area contributed by atoms with E-state index in [2.05, 4.69) is 9.72 Å². The Morgan fingerprint density at radius 2 is 2.26 bits per heavy atom. The van der Waals surface area contributed by atoms with Crippen molar-refractivity contribution in [2.24, 2.45) is 0 Å². The van der Waals surface area contributed by atoms with Crippen molar-refractivity contribution in [3.63, 3.8) is 0 Å². The molecule has 0 atom stereocenters. The van der Waals surface area contributed by atoms with Gasteiger partial charge in [0.1, 0.15) is 5.82 Å².